The average molecular weight is 368 g/mol. The third-order valence-electron chi connectivity index (χ3n) is 5.19. The Kier molecular flexibility index (Phi) is 4.84. The van der Waals surface area contributed by atoms with Crippen LogP contribution < -0.4 is 9.93 Å². The first-order chi connectivity index (χ1) is 12.6. The Balaban J connectivity index is 1.92. The van der Waals surface area contributed by atoms with E-state index in [1.807, 2.05) is 24.3 Å². The molecule has 3 nitrogen and oxygen atoms in total. The van der Waals surface area contributed by atoms with Crippen molar-refractivity contribution in [1.82, 2.24) is 9.48 Å². The third-order valence-corrected chi connectivity index (χ3v) is 5.44. The Morgan fingerprint density at radius 3 is 2.46 bits per heavy atom. The molecule has 0 spiro atoms. The van der Waals surface area contributed by atoms with Crippen molar-refractivity contribution in [2.45, 2.75) is 13.8 Å². The van der Waals surface area contributed by atoms with Crippen LogP contribution >= 0.6 is 11.6 Å². The lowest BCUT2D eigenvalue weighted by atomic mass is 10.1. The summed E-state index contributed by atoms with van der Waals surface area (Å²) in [4.78, 5) is 2.50. The van der Waals surface area contributed by atoms with Crippen molar-refractivity contribution in [3.63, 3.8) is 0 Å². The zero-order valence-corrected chi connectivity index (χ0v) is 16.1. The van der Waals surface area contributed by atoms with Crippen molar-refractivity contribution >= 4 is 22.6 Å². The predicted octanol–water partition coefficient (Wildman–Crippen LogP) is 4.17. The molecule has 1 aliphatic rings. The quantitative estimate of drug-likeness (QED) is 0.633. The highest BCUT2D eigenvalue weighted by molar-refractivity contribution is 6.30. The lowest BCUT2D eigenvalue weighted by molar-refractivity contribution is 0.234. The van der Waals surface area contributed by atoms with Crippen LogP contribution in [0.1, 0.15) is 12.5 Å². The van der Waals surface area contributed by atoms with Crippen LogP contribution in [0.25, 0.3) is 22.3 Å². The molecule has 1 aromatic heterocycles. The molecule has 1 saturated heterocycles. The van der Waals surface area contributed by atoms with Crippen LogP contribution in [0.3, 0.4) is 0 Å². The smallest absolute Gasteiger partial charge is 0.214 e. The third kappa shape index (κ3) is 3.42. The summed E-state index contributed by atoms with van der Waals surface area (Å²) in [5, 5.41) is 3.18. The topological polar surface area (TPSA) is 19.4 Å². The van der Waals surface area contributed by atoms with Crippen LogP contribution in [-0.2, 0) is 0 Å². The lowest BCUT2D eigenvalue weighted by Crippen LogP contribution is -2.48. The summed E-state index contributed by atoms with van der Waals surface area (Å²) in [7, 11) is 0. The van der Waals surface area contributed by atoms with E-state index < -0.39 is 0 Å². The normalized spacial score (nSPS) is 15.6. The van der Waals surface area contributed by atoms with Gasteiger partial charge in [-0.3, -0.25) is 4.90 Å². The van der Waals surface area contributed by atoms with Gasteiger partial charge in [-0.05, 0) is 49.9 Å². The fourth-order valence-electron chi connectivity index (χ4n) is 3.61. The highest BCUT2D eigenvalue weighted by Gasteiger charge is 2.20. The zero-order valence-electron chi connectivity index (χ0n) is 15.3. The standard InChI is InChI=1S/C22H24ClN2O/c1-3-24-10-12-25(13-11-24)20-15-22(17-5-7-18(23)8-6-17)26-21-9-4-16(2)14-19(20)21/h4-9,14-15H,3,10-13H2,1-2H3/q+1. The van der Waals surface area contributed by atoms with E-state index in [9.17, 15) is 0 Å². The molecule has 0 radical (unpaired) electrons. The van der Waals surface area contributed by atoms with Gasteiger partial charge in [-0.15, -0.1) is 0 Å². The van der Waals surface area contributed by atoms with Gasteiger partial charge in [0.25, 0.3) is 0 Å². The van der Waals surface area contributed by atoms with Gasteiger partial charge in [-0.25, -0.2) is 4.58 Å². The highest BCUT2D eigenvalue weighted by atomic mass is 35.5. The number of hydrogen-bond donors (Lipinski definition) is 0. The maximum atomic E-state index is 6.24. The Hall–Kier alpha value is -2.10. The molecule has 2 heterocycles. The zero-order chi connectivity index (χ0) is 18.1. The molecule has 0 unspecified atom stereocenters. The number of halogens is 1. The van der Waals surface area contributed by atoms with Gasteiger partial charge < -0.3 is 4.42 Å². The molecular weight excluding hydrogens is 344 g/mol. The van der Waals surface area contributed by atoms with Crippen LogP contribution in [-0.4, -0.2) is 37.6 Å². The number of likely N-dealkylation sites (N-methyl/N-ethyl adjacent to an activating group) is 1. The van der Waals surface area contributed by atoms with Crippen LogP contribution in [0.4, 0.5) is 0 Å². The molecule has 0 bridgehead atoms. The van der Waals surface area contributed by atoms with E-state index >= 15 is 0 Å². The number of hydrogen-bond acceptors (Lipinski definition) is 2. The lowest BCUT2D eigenvalue weighted by Gasteiger charge is -2.23. The largest absolute Gasteiger partial charge is 0.456 e. The molecule has 0 saturated carbocycles. The van der Waals surface area contributed by atoms with Gasteiger partial charge in [0.15, 0.2) is 13.1 Å². The molecule has 1 fully saturated rings. The van der Waals surface area contributed by atoms with E-state index in [0.717, 1.165) is 54.7 Å². The number of benzene rings is 2. The van der Waals surface area contributed by atoms with Gasteiger partial charge in [-0.2, -0.15) is 0 Å². The van der Waals surface area contributed by atoms with Crippen LogP contribution in [0.2, 0.25) is 5.02 Å². The molecule has 26 heavy (non-hydrogen) atoms. The van der Waals surface area contributed by atoms with E-state index in [1.54, 1.807) is 0 Å². The number of rotatable bonds is 2. The number of nitrogens with zero attached hydrogens (tertiary/aromatic N) is 2. The summed E-state index contributed by atoms with van der Waals surface area (Å²) in [6.07, 6.45) is 0. The van der Waals surface area contributed by atoms with Crippen molar-refractivity contribution in [2.24, 2.45) is 0 Å². The van der Waals surface area contributed by atoms with E-state index in [1.165, 1.54) is 16.3 Å². The molecule has 134 valence electrons. The fraction of sp³-hybridized carbons (Fsp3) is 0.318. The average Bonchev–Trinajstić information content (AvgIpc) is 2.68. The minimum absolute atomic E-state index is 0.737. The summed E-state index contributed by atoms with van der Waals surface area (Å²) in [5.74, 6) is 0.881. The SMILES string of the molecule is CCN1CC[N+](=c2cc(-c3ccc(Cl)cc3)oc3ccc(C)cc23)CC1. The highest BCUT2D eigenvalue weighted by Crippen LogP contribution is 2.24. The molecule has 3 aromatic rings. The van der Waals surface area contributed by atoms with E-state index in [4.69, 9.17) is 16.0 Å². The van der Waals surface area contributed by atoms with E-state index in [-0.39, 0.29) is 0 Å². The molecule has 0 aliphatic carbocycles. The molecule has 0 N–H and O–H groups in total. The van der Waals surface area contributed by atoms with Gasteiger partial charge in [0.05, 0.1) is 24.5 Å². The van der Waals surface area contributed by atoms with Gasteiger partial charge in [0.1, 0.15) is 11.3 Å². The molecule has 0 atom stereocenters. The summed E-state index contributed by atoms with van der Waals surface area (Å²) in [6.45, 7) is 9.77. The van der Waals surface area contributed by atoms with Crippen LogP contribution in [0.5, 0.6) is 0 Å². The molecule has 4 heteroatoms. The Bertz CT molecular complexity index is 995. The number of piperazine rings is 1. The minimum Gasteiger partial charge on any atom is -0.456 e. The van der Waals surface area contributed by atoms with E-state index in [2.05, 4.69) is 47.6 Å². The second-order valence-corrected chi connectivity index (χ2v) is 7.36. The summed E-state index contributed by atoms with van der Waals surface area (Å²) >= 11 is 6.05. The second-order valence-electron chi connectivity index (χ2n) is 6.92. The van der Waals surface area contributed by atoms with Crippen molar-refractivity contribution < 1.29 is 4.42 Å². The second kappa shape index (κ2) is 7.26. The number of fused-ring (bicyclic) bond motifs is 1. The Labute approximate surface area is 159 Å². The van der Waals surface area contributed by atoms with Crippen molar-refractivity contribution in [2.75, 3.05) is 32.7 Å². The number of aryl methyl sites for hydroxylation is 1. The molecular formula is C22H24ClN2O+. The van der Waals surface area contributed by atoms with Crippen molar-refractivity contribution in [3.05, 3.63) is 64.5 Å². The van der Waals surface area contributed by atoms with Gasteiger partial charge in [0, 0.05) is 10.6 Å². The van der Waals surface area contributed by atoms with Crippen molar-refractivity contribution in [3.8, 4) is 11.3 Å². The monoisotopic (exact) mass is 367 g/mol. The molecule has 0 amide bonds. The predicted molar refractivity (Wildman–Crippen MR) is 109 cm³/mol. The van der Waals surface area contributed by atoms with Gasteiger partial charge in [0.2, 0.25) is 5.36 Å². The summed E-state index contributed by atoms with van der Waals surface area (Å²) in [6, 6.07) is 16.4. The summed E-state index contributed by atoms with van der Waals surface area (Å²) in [5.41, 5.74) is 3.22. The first kappa shape index (κ1) is 17.3. The van der Waals surface area contributed by atoms with Crippen LogP contribution in [0, 0.1) is 6.92 Å². The van der Waals surface area contributed by atoms with Crippen LogP contribution in [0.15, 0.2) is 52.9 Å². The Morgan fingerprint density at radius 2 is 1.77 bits per heavy atom. The summed E-state index contributed by atoms with van der Waals surface area (Å²) < 4.78 is 8.73. The molecule has 4 rings (SSSR count). The maximum absolute atomic E-state index is 6.24. The fourth-order valence-corrected chi connectivity index (χ4v) is 3.73. The van der Waals surface area contributed by atoms with E-state index in [0.29, 0.717) is 0 Å². The Morgan fingerprint density at radius 1 is 1.04 bits per heavy atom. The first-order valence-electron chi connectivity index (χ1n) is 9.25. The van der Waals surface area contributed by atoms with Gasteiger partial charge >= 0.3 is 0 Å². The minimum atomic E-state index is 0.737. The first-order valence-corrected chi connectivity index (χ1v) is 9.62. The van der Waals surface area contributed by atoms with Crippen molar-refractivity contribution in [1.29, 1.82) is 0 Å². The maximum Gasteiger partial charge on any atom is 0.214 e. The van der Waals surface area contributed by atoms with Gasteiger partial charge in [-0.1, -0.05) is 30.2 Å². The molecule has 2 aromatic carbocycles. The molecule has 1 aliphatic heterocycles.